The Morgan fingerprint density at radius 3 is 2.42 bits per heavy atom. The van der Waals surface area contributed by atoms with Gasteiger partial charge in [0.05, 0.1) is 17.7 Å². The fourth-order valence-electron chi connectivity index (χ4n) is 2.37. The third kappa shape index (κ3) is 3.26. The smallest absolute Gasteiger partial charge is 0.261 e. The van der Waals surface area contributed by atoms with Crippen LogP contribution in [-0.4, -0.2) is 25.7 Å². The van der Waals surface area contributed by atoms with Gasteiger partial charge < -0.3 is 4.74 Å². The molecule has 0 saturated heterocycles. The number of aryl methyl sites for hydroxylation is 1. The van der Waals surface area contributed by atoms with Crippen LogP contribution in [0, 0.1) is 6.92 Å². The van der Waals surface area contributed by atoms with Gasteiger partial charge in [-0.25, -0.2) is 8.42 Å². The van der Waals surface area contributed by atoms with Crippen LogP contribution >= 0.6 is 0 Å². The molecular weight excluding hydrogens is 326 g/mol. The predicted octanol–water partition coefficient (Wildman–Crippen LogP) is 3.19. The van der Waals surface area contributed by atoms with Gasteiger partial charge in [0.15, 0.2) is 0 Å². The first-order valence-corrected chi connectivity index (χ1v) is 8.75. The largest absolute Gasteiger partial charge is 0.496 e. The van der Waals surface area contributed by atoms with Gasteiger partial charge in [-0.2, -0.15) is 5.10 Å². The topological polar surface area (TPSA) is 84.1 Å². The van der Waals surface area contributed by atoms with E-state index < -0.39 is 10.0 Å². The Balaban J connectivity index is 1.83. The number of hydrogen-bond donors (Lipinski definition) is 2. The Morgan fingerprint density at radius 1 is 1.08 bits per heavy atom. The molecule has 0 amide bonds. The van der Waals surface area contributed by atoms with Crippen LogP contribution in [0.3, 0.4) is 0 Å². The summed E-state index contributed by atoms with van der Waals surface area (Å²) < 4.78 is 32.7. The summed E-state index contributed by atoms with van der Waals surface area (Å²) in [6.07, 6.45) is 1.66. The first-order chi connectivity index (χ1) is 11.5. The molecule has 0 bridgehead atoms. The summed E-state index contributed by atoms with van der Waals surface area (Å²) >= 11 is 0. The third-order valence-corrected chi connectivity index (χ3v) is 5.00. The van der Waals surface area contributed by atoms with Crippen molar-refractivity contribution in [2.45, 2.75) is 11.8 Å². The van der Waals surface area contributed by atoms with E-state index in [1.807, 2.05) is 18.2 Å². The number of benzene rings is 2. The summed E-state index contributed by atoms with van der Waals surface area (Å²) in [6.45, 7) is 1.80. The Kier molecular flexibility index (Phi) is 4.26. The standard InChI is InChI=1S/C17H17N3O3S/c1-12-11-15(7-8-17(12)23-2)24(21,22)20-14-5-3-13(4-6-14)16-9-10-18-19-16/h3-11,20H,1-2H3,(H,18,19). The van der Waals surface area contributed by atoms with E-state index in [1.165, 1.54) is 6.07 Å². The molecule has 1 heterocycles. The fraction of sp³-hybridized carbons (Fsp3) is 0.118. The molecule has 0 spiro atoms. The maximum atomic E-state index is 12.5. The maximum Gasteiger partial charge on any atom is 0.261 e. The Hall–Kier alpha value is -2.80. The summed E-state index contributed by atoms with van der Waals surface area (Å²) in [4.78, 5) is 0.193. The van der Waals surface area contributed by atoms with Crippen molar-refractivity contribution in [2.75, 3.05) is 11.8 Å². The molecule has 0 fully saturated rings. The van der Waals surface area contributed by atoms with Crippen molar-refractivity contribution in [2.24, 2.45) is 0 Å². The highest BCUT2D eigenvalue weighted by Gasteiger charge is 2.15. The van der Waals surface area contributed by atoms with E-state index in [9.17, 15) is 8.42 Å². The summed E-state index contributed by atoms with van der Waals surface area (Å²) in [5.74, 6) is 0.651. The van der Waals surface area contributed by atoms with Gasteiger partial charge in [0.2, 0.25) is 0 Å². The van der Waals surface area contributed by atoms with E-state index >= 15 is 0 Å². The van der Waals surface area contributed by atoms with Crippen molar-refractivity contribution in [3.8, 4) is 17.0 Å². The minimum absolute atomic E-state index is 0.193. The summed E-state index contributed by atoms with van der Waals surface area (Å²) in [5, 5.41) is 6.76. The van der Waals surface area contributed by atoms with E-state index in [4.69, 9.17) is 4.74 Å². The fourth-order valence-corrected chi connectivity index (χ4v) is 3.51. The lowest BCUT2D eigenvalue weighted by atomic mass is 10.1. The second-order valence-corrected chi connectivity index (χ2v) is 6.97. The first kappa shape index (κ1) is 16.1. The third-order valence-electron chi connectivity index (χ3n) is 3.63. The van der Waals surface area contributed by atoms with Crippen LogP contribution in [0.25, 0.3) is 11.3 Å². The molecule has 2 N–H and O–H groups in total. The van der Waals surface area contributed by atoms with Crippen LogP contribution in [0.1, 0.15) is 5.56 Å². The molecule has 6 nitrogen and oxygen atoms in total. The molecule has 7 heteroatoms. The van der Waals surface area contributed by atoms with Crippen molar-refractivity contribution in [3.05, 3.63) is 60.3 Å². The molecule has 3 aromatic rings. The lowest BCUT2D eigenvalue weighted by Crippen LogP contribution is -2.13. The number of sulfonamides is 1. The Labute approximate surface area is 140 Å². The summed E-state index contributed by atoms with van der Waals surface area (Å²) in [6, 6.07) is 13.7. The zero-order valence-electron chi connectivity index (χ0n) is 13.3. The van der Waals surface area contributed by atoms with Crippen LogP contribution in [-0.2, 0) is 10.0 Å². The van der Waals surface area contributed by atoms with Crippen molar-refractivity contribution in [3.63, 3.8) is 0 Å². The van der Waals surface area contributed by atoms with Gasteiger partial charge in [-0.05, 0) is 54.4 Å². The van der Waals surface area contributed by atoms with Gasteiger partial charge in [-0.15, -0.1) is 0 Å². The highest BCUT2D eigenvalue weighted by atomic mass is 32.2. The molecule has 0 saturated carbocycles. The number of nitrogens with one attached hydrogen (secondary N) is 2. The van der Waals surface area contributed by atoms with Crippen LogP contribution in [0.2, 0.25) is 0 Å². The number of rotatable bonds is 5. The first-order valence-electron chi connectivity index (χ1n) is 7.27. The molecule has 0 aliphatic carbocycles. The molecule has 0 atom stereocenters. The minimum Gasteiger partial charge on any atom is -0.496 e. The highest BCUT2D eigenvalue weighted by Crippen LogP contribution is 2.24. The van der Waals surface area contributed by atoms with E-state index in [2.05, 4.69) is 14.9 Å². The van der Waals surface area contributed by atoms with Crippen molar-refractivity contribution in [1.82, 2.24) is 10.2 Å². The van der Waals surface area contributed by atoms with Crippen LogP contribution < -0.4 is 9.46 Å². The number of H-pyrrole nitrogens is 1. The molecule has 3 rings (SSSR count). The predicted molar refractivity (Wildman–Crippen MR) is 92.6 cm³/mol. The van der Waals surface area contributed by atoms with E-state index in [-0.39, 0.29) is 4.90 Å². The number of aromatic nitrogens is 2. The zero-order chi connectivity index (χ0) is 17.2. The van der Waals surface area contributed by atoms with Crippen molar-refractivity contribution >= 4 is 15.7 Å². The van der Waals surface area contributed by atoms with Crippen molar-refractivity contribution < 1.29 is 13.2 Å². The van der Waals surface area contributed by atoms with Gasteiger partial charge in [-0.3, -0.25) is 9.82 Å². The van der Waals surface area contributed by atoms with Crippen LogP contribution in [0.4, 0.5) is 5.69 Å². The average molecular weight is 343 g/mol. The van der Waals surface area contributed by atoms with Gasteiger partial charge in [0.25, 0.3) is 10.0 Å². The number of aromatic amines is 1. The maximum absolute atomic E-state index is 12.5. The molecule has 0 unspecified atom stereocenters. The molecule has 0 aliphatic heterocycles. The monoisotopic (exact) mass is 343 g/mol. The Bertz CT molecular complexity index is 934. The number of nitrogens with zero attached hydrogens (tertiary/aromatic N) is 1. The minimum atomic E-state index is -3.65. The molecule has 2 aromatic carbocycles. The molecular formula is C17H17N3O3S. The average Bonchev–Trinajstić information content (AvgIpc) is 3.09. The number of hydrogen-bond acceptors (Lipinski definition) is 4. The van der Waals surface area contributed by atoms with Crippen LogP contribution in [0.5, 0.6) is 5.75 Å². The molecule has 1 aromatic heterocycles. The molecule has 0 aliphatic rings. The van der Waals surface area contributed by atoms with Gasteiger partial charge in [0.1, 0.15) is 5.75 Å². The number of methoxy groups -OCH3 is 1. The Morgan fingerprint density at radius 2 is 1.83 bits per heavy atom. The molecule has 0 radical (unpaired) electrons. The zero-order valence-corrected chi connectivity index (χ0v) is 14.1. The summed E-state index contributed by atoms with van der Waals surface area (Å²) in [7, 11) is -2.10. The molecule has 124 valence electrons. The SMILES string of the molecule is COc1ccc(S(=O)(=O)Nc2ccc(-c3ccn[nH]3)cc2)cc1C. The second-order valence-electron chi connectivity index (χ2n) is 5.28. The lowest BCUT2D eigenvalue weighted by Gasteiger charge is -2.11. The second kappa shape index (κ2) is 6.37. The quantitative estimate of drug-likeness (QED) is 0.745. The van der Waals surface area contributed by atoms with E-state index in [1.54, 1.807) is 44.5 Å². The highest BCUT2D eigenvalue weighted by molar-refractivity contribution is 7.92. The lowest BCUT2D eigenvalue weighted by molar-refractivity contribution is 0.411. The van der Waals surface area contributed by atoms with E-state index in [0.717, 1.165) is 16.8 Å². The number of ether oxygens (including phenoxy) is 1. The number of anilines is 1. The van der Waals surface area contributed by atoms with E-state index in [0.29, 0.717) is 11.4 Å². The van der Waals surface area contributed by atoms with Gasteiger partial charge >= 0.3 is 0 Å². The van der Waals surface area contributed by atoms with Crippen LogP contribution in [0.15, 0.2) is 59.6 Å². The van der Waals surface area contributed by atoms with Gasteiger partial charge in [-0.1, -0.05) is 12.1 Å². The van der Waals surface area contributed by atoms with Gasteiger partial charge in [0, 0.05) is 11.9 Å². The van der Waals surface area contributed by atoms with Crippen molar-refractivity contribution in [1.29, 1.82) is 0 Å². The summed E-state index contributed by atoms with van der Waals surface area (Å²) in [5.41, 5.74) is 3.05. The normalized spacial score (nSPS) is 11.2. The molecule has 24 heavy (non-hydrogen) atoms.